The summed E-state index contributed by atoms with van der Waals surface area (Å²) < 4.78 is 21.8. The van der Waals surface area contributed by atoms with E-state index in [0.717, 1.165) is 18.7 Å². The summed E-state index contributed by atoms with van der Waals surface area (Å²) in [5.74, 6) is 0.207. The summed E-state index contributed by atoms with van der Waals surface area (Å²) >= 11 is 1.30. The Morgan fingerprint density at radius 1 is 1.09 bits per heavy atom. The minimum Gasteiger partial charge on any atom is -0.379 e. The van der Waals surface area contributed by atoms with Crippen molar-refractivity contribution in [1.29, 1.82) is 0 Å². The van der Waals surface area contributed by atoms with Crippen LogP contribution in [0.15, 0.2) is 59.8 Å². The molecule has 0 aliphatic carbocycles. The molecule has 1 saturated heterocycles. The van der Waals surface area contributed by atoms with Crippen LogP contribution in [0.5, 0.6) is 0 Å². The van der Waals surface area contributed by atoms with Gasteiger partial charge in [0.05, 0.1) is 31.1 Å². The molecular formula is C25H30FN5O2S. The summed E-state index contributed by atoms with van der Waals surface area (Å²) in [7, 11) is 0. The van der Waals surface area contributed by atoms with E-state index in [9.17, 15) is 9.18 Å². The van der Waals surface area contributed by atoms with Gasteiger partial charge >= 0.3 is 0 Å². The van der Waals surface area contributed by atoms with E-state index in [1.807, 2.05) is 34.9 Å². The molecule has 2 heterocycles. The molecule has 1 aromatic heterocycles. The summed E-state index contributed by atoms with van der Waals surface area (Å²) in [6.45, 7) is 8.43. The molecule has 1 aliphatic rings. The quantitative estimate of drug-likeness (QED) is 0.470. The molecule has 4 rings (SSSR count). The maximum absolute atomic E-state index is 14.5. The monoisotopic (exact) mass is 483 g/mol. The van der Waals surface area contributed by atoms with Gasteiger partial charge in [0.1, 0.15) is 5.82 Å². The molecule has 1 N–H and O–H groups in total. The van der Waals surface area contributed by atoms with E-state index >= 15 is 0 Å². The van der Waals surface area contributed by atoms with E-state index in [1.165, 1.54) is 17.8 Å². The number of nitrogens with one attached hydrogen (secondary N) is 1. The fraction of sp³-hybridized carbons (Fsp3) is 0.400. The number of halogens is 1. The van der Waals surface area contributed by atoms with Gasteiger partial charge in [0, 0.05) is 25.2 Å². The third-order valence-electron chi connectivity index (χ3n) is 5.93. The zero-order chi connectivity index (χ0) is 24.0. The highest BCUT2D eigenvalue weighted by Crippen LogP contribution is 2.27. The van der Waals surface area contributed by atoms with Crippen LogP contribution in [0.25, 0.3) is 11.4 Å². The molecule has 34 heavy (non-hydrogen) atoms. The van der Waals surface area contributed by atoms with E-state index in [0.29, 0.717) is 42.8 Å². The lowest BCUT2D eigenvalue weighted by molar-refractivity contribution is -0.119. The fourth-order valence-corrected chi connectivity index (χ4v) is 4.69. The summed E-state index contributed by atoms with van der Waals surface area (Å²) in [5, 5.41) is 12.2. The van der Waals surface area contributed by atoms with Crippen molar-refractivity contribution in [2.45, 2.75) is 31.1 Å². The number of morpholine rings is 1. The number of ether oxygens (including phenoxy) is 1. The molecule has 0 saturated carbocycles. The number of hydrogen-bond donors (Lipinski definition) is 1. The summed E-state index contributed by atoms with van der Waals surface area (Å²) in [4.78, 5) is 15.0. The highest BCUT2D eigenvalue weighted by atomic mass is 32.2. The molecule has 1 amide bonds. The molecule has 180 valence electrons. The first-order valence-corrected chi connectivity index (χ1v) is 12.4. The lowest BCUT2D eigenvalue weighted by Crippen LogP contribution is -2.55. The van der Waals surface area contributed by atoms with Gasteiger partial charge < -0.3 is 10.1 Å². The van der Waals surface area contributed by atoms with Crippen LogP contribution < -0.4 is 5.32 Å². The molecule has 3 aromatic rings. The zero-order valence-corrected chi connectivity index (χ0v) is 20.4. The number of thioether (sulfide) groups is 1. The Labute approximate surface area is 203 Å². The Morgan fingerprint density at radius 2 is 1.79 bits per heavy atom. The van der Waals surface area contributed by atoms with E-state index in [-0.39, 0.29) is 23.0 Å². The maximum atomic E-state index is 14.5. The van der Waals surface area contributed by atoms with Crippen molar-refractivity contribution >= 4 is 17.7 Å². The number of aromatic nitrogens is 3. The Hall–Kier alpha value is -2.75. The Balaban J connectivity index is 1.45. The molecule has 0 unspecified atom stereocenters. The molecule has 0 bridgehead atoms. The van der Waals surface area contributed by atoms with Gasteiger partial charge in [0.2, 0.25) is 5.91 Å². The predicted molar refractivity (Wildman–Crippen MR) is 131 cm³/mol. The van der Waals surface area contributed by atoms with Gasteiger partial charge in [0.25, 0.3) is 0 Å². The Bertz CT molecular complexity index is 1100. The smallest absolute Gasteiger partial charge is 0.230 e. The third kappa shape index (κ3) is 6.02. The highest BCUT2D eigenvalue weighted by Gasteiger charge is 2.28. The van der Waals surface area contributed by atoms with Gasteiger partial charge in [-0.2, -0.15) is 0 Å². The molecule has 1 aliphatic heterocycles. The minimum absolute atomic E-state index is 0.0759. The molecule has 9 heteroatoms. The van der Waals surface area contributed by atoms with Gasteiger partial charge in [-0.05, 0) is 31.5 Å². The summed E-state index contributed by atoms with van der Waals surface area (Å²) in [6, 6.07) is 16.4. The van der Waals surface area contributed by atoms with Gasteiger partial charge in [0.15, 0.2) is 11.0 Å². The number of rotatable bonds is 9. The van der Waals surface area contributed by atoms with Crippen molar-refractivity contribution in [2.24, 2.45) is 0 Å². The molecule has 7 nitrogen and oxygen atoms in total. The van der Waals surface area contributed by atoms with Crippen molar-refractivity contribution < 1.29 is 13.9 Å². The van der Waals surface area contributed by atoms with Gasteiger partial charge in [-0.25, -0.2) is 4.39 Å². The summed E-state index contributed by atoms with van der Waals surface area (Å²) in [6.07, 6.45) is 0. The van der Waals surface area contributed by atoms with Crippen LogP contribution in [0, 0.1) is 5.82 Å². The first-order chi connectivity index (χ1) is 16.4. The van der Waals surface area contributed by atoms with Crippen molar-refractivity contribution in [3.05, 3.63) is 66.0 Å². The average Bonchev–Trinajstić information content (AvgIpc) is 3.25. The molecule has 0 spiro atoms. The number of hydrogen-bond acceptors (Lipinski definition) is 6. The van der Waals surface area contributed by atoms with Crippen LogP contribution >= 0.6 is 11.8 Å². The first-order valence-electron chi connectivity index (χ1n) is 11.4. The van der Waals surface area contributed by atoms with Crippen LogP contribution in [0.2, 0.25) is 0 Å². The second kappa shape index (κ2) is 11.1. The molecule has 0 atom stereocenters. The maximum Gasteiger partial charge on any atom is 0.230 e. The zero-order valence-electron chi connectivity index (χ0n) is 19.5. The summed E-state index contributed by atoms with van der Waals surface area (Å²) in [5.41, 5.74) is 1.27. The van der Waals surface area contributed by atoms with E-state index in [1.54, 1.807) is 18.2 Å². The SMILES string of the molecule is CC(C)(CNC(=O)CSc1nnc(-c2ccccc2F)n1Cc1ccccc1)N1CCOCC1. The number of carbonyl (C=O) groups is 1. The molecule has 1 fully saturated rings. The molecule has 2 aromatic carbocycles. The standard InChI is InChI=1S/C25H30FN5O2S/c1-25(2,30-12-14-33-15-13-30)18-27-22(32)17-34-24-29-28-23(20-10-6-7-11-21(20)26)31(24)16-19-8-4-3-5-9-19/h3-11H,12-18H2,1-2H3,(H,27,32). The highest BCUT2D eigenvalue weighted by molar-refractivity contribution is 7.99. The minimum atomic E-state index is -0.358. The number of amides is 1. The van der Waals surface area contributed by atoms with Crippen LogP contribution in [0.1, 0.15) is 19.4 Å². The number of carbonyl (C=O) groups excluding carboxylic acids is 1. The van der Waals surface area contributed by atoms with Gasteiger partial charge in [-0.3, -0.25) is 14.3 Å². The van der Waals surface area contributed by atoms with Crippen LogP contribution in [-0.2, 0) is 16.1 Å². The van der Waals surface area contributed by atoms with Crippen LogP contribution in [-0.4, -0.2) is 69.7 Å². The van der Waals surface area contributed by atoms with E-state index < -0.39 is 0 Å². The topological polar surface area (TPSA) is 72.3 Å². The third-order valence-corrected chi connectivity index (χ3v) is 6.90. The fourth-order valence-electron chi connectivity index (χ4n) is 3.92. The van der Waals surface area contributed by atoms with Crippen molar-refractivity contribution in [3.63, 3.8) is 0 Å². The van der Waals surface area contributed by atoms with Crippen molar-refractivity contribution in [2.75, 3.05) is 38.6 Å². The van der Waals surface area contributed by atoms with Gasteiger partial charge in [-0.15, -0.1) is 10.2 Å². The normalized spacial score (nSPS) is 14.8. The lowest BCUT2D eigenvalue weighted by Gasteiger charge is -2.40. The van der Waals surface area contributed by atoms with Crippen LogP contribution in [0.4, 0.5) is 4.39 Å². The number of nitrogens with zero attached hydrogens (tertiary/aromatic N) is 4. The van der Waals surface area contributed by atoms with Crippen molar-refractivity contribution in [3.8, 4) is 11.4 Å². The van der Waals surface area contributed by atoms with Crippen LogP contribution in [0.3, 0.4) is 0 Å². The number of benzene rings is 2. The van der Waals surface area contributed by atoms with E-state index in [2.05, 4.69) is 34.3 Å². The molecular weight excluding hydrogens is 453 g/mol. The predicted octanol–water partition coefficient (Wildman–Crippen LogP) is 3.45. The van der Waals surface area contributed by atoms with E-state index in [4.69, 9.17) is 4.74 Å². The Kier molecular flexibility index (Phi) is 7.97. The lowest BCUT2D eigenvalue weighted by atomic mass is 10.0. The molecule has 0 radical (unpaired) electrons. The largest absolute Gasteiger partial charge is 0.379 e. The van der Waals surface area contributed by atoms with Gasteiger partial charge in [-0.1, -0.05) is 54.2 Å². The second-order valence-electron chi connectivity index (χ2n) is 8.84. The average molecular weight is 484 g/mol. The second-order valence-corrected chi connectivity index (χ2v) is 9.78. The van der Waals surface area contributed by atoms with Crippen molar-refractivity contribution in [1.82, 2.24) is 25.0 Å². The first kappa shape index (κ1) is 24.4. The Morgan fingerprint density at radius 3 is 2.53 bits per heavy atom.